The number of carbonyl (C=O) groups is 1. The molecule has 1 aliphatic rings. The number of rotatable bonds is 5. The molecule has 2 amide bonds. The summed E-state index contributed by atoms with van der Waals surface area (Å²) in [5.41, 5.74) is 4.58. The van der Waals surface area contributed by atoms with E-state index in [1.807, 2.05) is 4.90 Å². The van der Waals surface area contributed by atoms with Crippen LogP contribution < -0.4 is 19.7 Å². The number of urea groups is 1. The molecule has 0 bridgehead atoms. The molecule has 6 heteroatoms. The first-order valence-electron chi connectivity index (χ1n) is 9.68. The van der Waals surface area contributed by atoms with E-state index in [1.54, 1.807) is 32.4 Å². The molecule has 3 rings (SSSR count). The summed E-state index contributed by atoms with van der Waals surface area (Å²) in [6, 6.07) is 11.7. The molecule has 0 radical (unpaired) electrons. The Kier molecular flexibility index (Phi) is 6.29. The van der Waals surface area contributed by atoms with E-state index in [2.05, 4.69) is 42.3 Å². The molecule has 1 fully saturated rings. The van der Waals surface area contributed by atoms with Crippen LogP contribution in [-0.4, -0.2) is 51.3 Å². The number of methoxy groups -OCH3 is 2. The molecular formula is C22H29N3O3. The third-order valence-electron chi connectivity index (χ3n) is 5.23. The number of amides is 2. The number of piperazine rings is 1. The fourth-order valence-electron chi connectivity index (χ4n) is 3.70. The van der Waals surface area contributed by atoms with Crippen molar-refractivity contribution in [3.05, 3.63) is 47.5 Å². The van der Waals surface area contributed by atoms with Gasteiger partial charge in [-0.2, -0.15) is 0 Å². The van der Waals surface area contributed by atoms with Gasteiger partial charge in [0, 0.05) is 37.9 Å². The molecule has 0 spiro atoms. The van der Waals surface area contributed by atoms with Crippen LogP contribution >= 0.6 is 0 Å². The molecule has 0 aliphatic carbocycles. The normalized spacial score (nSPS) is 14.0. The lowest BCUT2D eigenvalue weighted by Crippen LogP contribution is -2.50. The van der Waals surface area contributed by atoms with E-state index in [4.69, 9.17) is 9.47 Å². The third kappa shape index (κ3) is 4.16. The van der Waals surface area contributed by atoms with Crippen LogP contribution in [0, 0.1) is 6.92 Å². The summed E-state index contributed by atoms with van der Waals surface area (Å²) in [6.07, 6.45) is 1.01. The first-order chi connectivity index (χ1) is 13.6. The number of hydrogen-bond acceptors (Lipinski definition) is 4. The van der Waals surface area contributed by atoms with Crippen molar-refractivity contribution in [2.75, 3.05) is 50.6 Å². The molecule has 0 aromatic heterocycles. The van der Waals surface area contributed by atoms with Gasteiger partial charge in [0.05, 0.1) is 19.9 Å². The van der Waals surface area contributed by atoms with E-state index >= 15 is 0 Å². The highest BCUT2D eigenvalue weighted by molar-refractivity contribution is 5.91. The number of benzene rings is 2. The van der Waals surface area contributed by atoms with Crippen LogP contribution in [0.15, 0.2) is 36.4 Å². The van der Waals surface area contributed by atoms with E-state index in [-0.39, 0.29) is 6.03 Å². The third-order valence-corrected chi connectivity index (χ3v) is 5.23. The van der Waals surface area contributed by atoms with Gasteiger partial charge >= 0.3 is 6.03 Å². The van der Waals surface area contributed by atoms with Gasteiger partial charge in [0.2, 0.25) is 0 Å². The summed E-state index contributed by atoms with van der Waals surface area (Å²) in [7, 11) is 3.19. The highest BCUT2D eigenvalue weighted by Crippen LogP contribution is 2.30. The monoisotopic (exact) mass is 383 g/mol. The highest BCUT2D eigenvalue weighted by Gasteiger charge is 2.24. The largest absolute Gasteiger partial charge is 0.497 e. The summed E-state index contributed by atoms with van der Waals surface area (Å²) in [5.74, 6) is 1.29. The zero-order valence-electron chi connectivity index (χ0n) is 17.1. The maximum Gasteiger partial charge on any atom is 0.322 e. The number of hydrogen-bond donors (Lipinski definition) is 1. The van der Waals surface area contributed by atoms with Crippen molar-refractivity contribution in [2.45, 2.75) is 20.3 Å². The SMILES string of the molecule is CCc1cccc(C)c1N1CCN(C(=O)Nc2cc(OC)ccc2OC)CC1. The number of ether oxygens (including phenoxy) is 2. The average molecular weight is 383 g/mol. The summed E-state index contributed by atoms with van der Waals surface area (Å²) >= 11 is 0. The molecule has 2 aromatic rings. The van der Waals surface area contributed by atoms with Gasteiger partial charge in [0.1, 0.15) is 11.5 Å². The number of anilines is 2. The summed E-state index contributed by atoms with van der Waals surface area (Å²) in [4.78, 5) is 17.0. The van der Waals surface area contributed by atoms with E-state index in [0.717, 1.165) is 19.5 Å². The van der Waals surface area contributed by atoms with Crippen LogP contribution in [0.25, 0.3) is 0 Å². The fraction of sp³-hybridized carbons (Fsp3) is 0.409. The molecule has 0 unspecified atom stereocenters. The second-order valence-electron chi connectivity index (χ2n) is 6.91. The van der Waals surface area contributed by atoms with E-state index in [9.17, 15) is 4.79 Å². The molecule has 1 heterocycles. The maximum absolute atomic E-state index is 12.8. The van der Waals surface area contributed by atoms with Crippen molar-refractivity contribution in [1.82, 2.24) is 4.90 Å². The minimum absolute atomic E-state index is 0.119. The van der Waals surface area contributed by atoms with Gasteiger partial charge in [0.25, 0.3) is 0 Å². The average Bonchev–Trinajstić information content (AvgIpc) is 2.73. The van der Waals surface area contributed by atoms with Crippen LogP contribution in [0.1, 0.15) is 18.1 Å². The molecule has 6 nitrogen and oxygen atoms in total. The van der Waals surface area contributed by atoms with Gasteiger partial charge in [-0.3, -0.25) is 0 Å². The minimum Gasteiger partial charge on any atom is -0.497 e. The van der Waals surface area contributed by atoms with Gasteiger partial charge in [-0.1, -0.05) is 25.1 Å². The molecule has 0 atom stereocenters. The molecule has 1 aliphatic heterocycles. The van der Waals surface area contributed by atoms with Crippen molar-refractivity contribution in [2.24, 2.45) is 0 Å². The Morgan fingerprint density at radius 1 is 1.07 bits per heavy atom. The molecule has 0 saturated carbocycles. The summed E-state index contributed by atoms with van der Waals surface area (Å²) < 4.78 is 10.6. The topological polar surface area (TPSA) is 54.0 Å². The molecule has 1 N–H and O–H groups in total. The molecule has 28 heavy (non-hydrogen) atoms. The van der Waals surface area contributed by atoms with E-state index < -0.39 is 0 Å². The minimum atomic E-state index is -0.119. The van der Waals surface area contributed by atoms with Crippen LogP contribution in [-0.2, 0) is 6.42 Å². The van der Waals surface area contributed by atoms with Crippen LogP contribution in [0.4, 0.5) is 16.2 Å². The van der Waals surface area contributed by atoms with Crippen molar-refractivity contribution in [1.29, 1.82) is 0 Å². The van der Waals surface area contributed by atoms with Gasteiger partial charge in [-0.15, -0.1) is 0 Å². The Hall–Kier alpha value is -2.89. The van der Waals surface area contributed by atoms with Gasteiger partial charge in [-0.05, 0) is 36.6 Å². The Balaban J connectivity index is 1.67. The first kappa shape index (κ1) is 19.9. The van der Waals surface area contributed by atoms with Gasteiger partial charge in [0.15, 0.2) is 0 Å². The lowest BCUT2D eigenvalue weighted by Gasteiger charge is -2.37. The molecular weight excluding hydrogens is 354 g/mol. The van der Waals surface area contributed by atoms with E-state index in [1.165, 1.54) is 16.8 Å². The fourth-order valence-corrected chi connectivity index (χ4v) is 3.70. The van der Waals surface area contributed by atoms with Crippen molar-refractivity contribution < 1.29 is 14.3 Å². The lowest BCUT2D eigenvalue weighted by molar-refractivity contribution is 0.208. The molecule has 1 saturated heterocycles. The predicted molar refractivity (Wildman–Crippen MR) is 113 cm³/mol. The summed E-state index contributed by atoms with van der Waals surface area (Å²) in [6.45, 7) is 7.33. The maximum atomic E-state index is 12.8. The quantitative estimate of drug-likeness (QED) is 0.850. The van der Waals surface area contributed by atoms with Crippen molar-refractivity contribution >= 4 is 17.4 Å². The van der Waals surface area contributed by atoms with Gasteiger partial charge in [-0.25, -0.2) is 4.79 Å². The zero-order chi connectivity index (χ0) is 20.1. The second kappa shape index (κ2) is 8.87. The first-order valence-corrected chi connectivity index (χ1v) is 9.68. The number of para-hydroxylation sites is 1. The Bertz CT molecular complexity index is 830. The zero-order valence-corrected chi connectivity index (χ0v) is 17.1. The Morgan fingerprint density at radius 3 is 2.46 bits per heavy atom. The highest BCUT2D eigenvalue weighted by atomic mass is 16.5. The standard InChI is InChI=1S/C22H29N3O3/c1-5-17-8-6-7-16(2)21(17)24-11-13-25(14-12-24)22(26)23-19-15-18(27-3)9-10-20(19)28-4/h6-10,15H,5,11-14H2,1-4H3,(H,23,26). The summed E-state index contributed by atoms with van der Waals surface area (Å²) in [5, 5.41) is 2.96. The number of nitrogens with one attached hydrogen (secondary N) is 1. The molecule has 150 valence electrons. The van der Waals surface area contributed by atoms with Gasteiger partial charge < -0.3 is 24.6 Å². The Morgan fingerprint density at radius 2 is 1.82 bits per heavy atom. The number of aryl methyl sites for hydroxylation is 2. The van der Waals surface area contributed by atoms with Crippen LogP contribution in [0.3, 0.4) is 0 Å². The smallest absolute Gasteiger partial charge is 0.322 e. The van der Waals surface area contributed by atoms with Crippen LogP contribution in [0.5, 0.6) is 11.5 Å². The Labute approximate surface area is 167 Å². The van der Waals surface area contributed by atoms with Crippen molar-refractivity contribution in [3.8, 4) is 11.5 Å². The molecule has 2 aromatic carbocycles. The second-order valence-corrected chi connectivity index (χ2v) is 6.91. The van der Waals surface area contributed by atoms with Crippen LogP contribution in [0.2, 0.25) is 0 Å². The number of nitrogens with zero attached hydrogens (tertiary/aromatic N) is 2. The van der Waals surface area contributed by atoms with E-state index in [0.29, 0.717) is 30.3 Å². The lowest BCUT2D eigenvalue weighted by atomic mass is 10.0. The van der Waals surface area contributed by atoms with Crippen molar-refractivity contribution in [3.63, 3.8) is 0 Å². The predicted octanol–water partition coefficient (Wildman–Crippen LogP) is 3.93. The number of carbonyl (C=O) groups excluding carboxylic acids is 1.